The lowest BCUT2D eigenvalue weighted by atomic mass is 10.1. The van der Waals surface area contributed by atoms with Crippen molar-refractivity contribution in [2.45, 2.75) is 33.4 Å². The Morgan fingerprint density at radius 3 is 2.58 bits per heavy atom. The summed E-state index contributed by atoms with van der Waals surface area (Å²) in [6.07, 6.45) is 2.87. The van der Waals surface area contributed by atoms with Crippen molar-refractivity contribution < 1.29 is 9.47 Å². The predicted molar refractivity (Wildman–Crippen MR) is 107 cm³/mol. The summed E-state index contributed by atoms with van der Waals surface area (Å²) in [6, 6.07) is 10.2. The van der Waals surface area contributed by atoms with Crippen molar-refractivity contribution in [2.24, 2.45) is 5.92 Å². The van der Waals surface area contributed by atoms with E-state index in [1.807, 2.05) is 24.4 Å². The van der Waals surface area contributed by atoms with Gasteiger partial charge >= 0.3 is 0 Å². The molecule has 2 aromatic rings. The SMILES string of the molecule is COc1cc(CNc2cc(CN(C)C)ccn2)ccc1OCCC(C)C. The van der Waals surface area contributed by atoms with E-state index in [9.17, 15) is 0 Å². The molecule has 0 aliphatic heterocycles. The van der Waals surface area contributed by atoms with Crippen LogP contribution >= 0.6 is 0 Å². The molecule has 0 saturated heterocycles. The summed E-state index contributed by atoms with van der Waals surface area (Å²) in [6.45, 7) is 6.66. The zero-order chi connectivity index (χ0) is 18.9. The number of hydrogen-bond donors (Lipinski definition) is 1. The molecule has 0 saturated carbocycles. The summed E-state index contributed by atoms with van der Waals surface area (Å²) < 4.78 is 11.3. The Kier molecular flexibility index (Phi) is 7.73. The lowest BCUT2D eigenvalue weighted by Crippen LogP contribution is -2.11. The van der Waals surface area contributed by atoms with Gasteiger partial charge in [0.05, 0.1) is 13.7 Å². The van der Waals surface area contributed by atoms with Crippen LogP contribution in [-0.4, -0.2) is 37.7 Å². The topological polar surface area (TPSA) is 46.6 Å². The minimum absolute atomic E-state index is 0.625. The van der Waals surface area contributed by atoms with Gasteiger partial charge < -0.3 is 19.7 Å². The number of nitrogens with one attached hydrogen (secondary N) is 1. The third-order valence-electron chi connectivity index (χ3n) is 3.98. The van der Waals surface area contributed by atoms with Gasteiger partial charge in [-0.05, 0) is 61.8 Å². The normalized spacial score (nSPS) is 11.0. The fourth-order valence-corrected chi connectivity index (χ4v) is 2.57. The van der Waals surface area contributed by atoms with Crippen molar-refractivity contribution in [3.05, 3.63) is 47.7 Å². The smallest absolute Gasteiger partial charge is 0.161 e. The molecule has 1 N–H and O–H groups in total. The molecule has 142 valence electrons. The third kappa shape index (κ3) is 6.56. The van der Waals surface area contributed by atoms with Crippen LogP contribution in [-0.2, 0) is 13.1 Å². The molecule has 1 aromatic heterocycles. The van der Waals surface area contributed by atoms with E-state index in [1.165, 1.54) is 5.56 Å². The van der Waals surface area contributed by atoms with Gasteiger partial charge in [0, 0.05) is 19.3 Å². The lowest BCUT2D eigenvalue weighted by molar-refractivity contribution is 0.273. The Bertz CT molecular complexity index is 687. The van der Waals surface area contributed by atoms with Gasteiger partial charge in [-0.15, -0.1) is 0 Å². The molecular weight excluding hydrogens is 326 g/mol. The van der Waals surface area contributed by atoms with E-state index in [0.717, 1.165) is 35.8 Å². The molecule has 0 amide bonds. The first-order chi connectivity index (χ1) is 12.5. The van der Waals surface area contributed by atoms with Crippen LogP contribution in [0.3, 0.4) is 0 Å². The molecule has 0 aliphatic rings. The van der Waals surface area contributed by atoms with E-state index in [4.69, 9.17) is 9.47 Å². The summed E-state index contributed by atoms with van der Waals surface area (Å²) in [7, 11) is 5.79. The lowest BCUT2D eigenvalue weighted by Gasteiger charge is -2.14. The molecule has 0 spiro atoms. The van der Waals surface area contributed by atoms with Crippen LogP contribution in [0.1, 0.15) is 31.4 Å². The van der Waals surface area contributed by atoms with Crippen LogP contribution in [0, 0.1) is 5.92 Å². The van der Waals surface area contributed by atoms with Crippen LogP contribution < -0.4 is 14.8 Å². The largest absolute Gasteiger partial charge is 0.493 e. The van der Waals surface area contributed by atoms with Gasteiger partial charge in [-0.3, -0.25) is 0 Å². The van der Waals surface area contributed by atoms with Gasteiger partial charge in [-0.25, -0.2) is 4.98 Å². The maximum atomic E-state index is 5.85. The number of anilines is 1. The first-order valence-electron chi connectivity index (χ1n) is 9.11. The number of rotatable bonds is 10. The Balaban J connectivity index is 1.97. The van der Waals surface area contributed by atoms with Gasteiger partial charge in [-0.2, -0.15) is 0 Å². The number of aromatic nitrogens is 1. The van der Waals surface area contributed by atoms with E-state index in [1.54, 1.807) is 7.11 Å². The summed E-state index contributed by atoms with van der Waals surface area (Å²) >= 11 is 0. The fourth-order valence-electron chi connectivity index (χ4n) is 2.57. The second-order valence-electron chi connectivity index (χ2n) is 7.16. The minimum Gasteiger partial charge on any atom is -0.493 e. The maximum absolute atomic E-state index is 5.85. The van der Waals surface area contributed by atoms with Gasteiger partial charge in [0.15, 0.2) is 11.5 Å². The molecule has 1 heterocycles. The molecule has 0 atom stereocenters. The number of pyridine rings is 1. The van der Waals surface area contributed by atoms with Gasteiger partial charge in [0.1, 0.15) is 5.82 Å². The van der Waals surface area contributed by atoms with E-state index in [0.29, 0.717) is 19.1 Å². The van der Waals surface area contributed by atoms with Gasteiger partial charge in [0.25, 0.3) is 0 Å². The van der Waals surface area contributed by atoms with E-state index in [-0.39, 0.29) is 0 Å². The van der Waals surface area contributed by atoms with Crippen molar-refractivity contribution in [1.29, 1.82) is 0 Å². The molecule has 0 fully saturated rings. The van der Waals surface area contributed by atoms with Crippen LogP contribution in [0.25, 0.3) is 0 Å². The number of methoxy groups -OCH3 is 1. The molecule has 5 nitrogen and oxygen atoms in total. The van der Waals surface area contributed by atoms with E-state index < -0.39 is 0 Å². The van der Waals surface area contributed by atoms with E-state index >= 15 is 0 Å². The molecule has 5 heteroatoms. The minimum atomic E-state index is 0.625. The van der Waals surface area contributed by atoms with E-state index in [2.05, 4.69) is 55.3 Å². The van der Waals surface area contributed by atoms with Crippen molar-refractivity contribution in [1.82, 2.24) is 9.88 Å². The number of ether oxygens (including phenoxy) is 2. The van der Waals surface area contributed by atoms with Crippen molar-refractivity contribution >= 4 is 5.82 Å². The summed E-state index contributed by atoms with van der Waals surface area (Å²) in [5, 5.41) is 3.38. The van der Waals surface area contributed by atoms with Crippen LogP contribution in [0.4, 0.5) is 5.82 Å². The Morgan fingerprint density at radius 2 is 1.88 bits per heavy atom. The number of hydrogen-bond acceptors (Lipinski definition) is 5. The van der Waals surface area contributed by atoms with Crippen molar-refractivity contribution in [2.75, 3.05) is 33.1 Å². The predicted octanol–water partition coefficient (Wildman–Crippen LogP) is 4.19. The van der Waals surface area contributed by atoms with Crippen LogP contribution in [0.2, 0.25) is 0 Å². The maximum Gasteiger partial charge on any atom is 0.161 e. The number of nitrogens with zero attached hydrogens (tertiary/aromatic N) is 2. The van der Waals surface area contributed by atoms with Crippen molar-refractivity contribution in [3.63, 3.8) is 0 Å². The Labute approximate surface area is 157 Å². The average Bonchev–Trinajstić information content (AvgIpc) is 2.60. The summed E-state index contributed by atoms with van der Waals surface area (Å²) in [5.74, 6) is 3.06. The second-order valence-corrected chi connectivity index (χ2v) is 7.16. The summed E-state index contributed by atoms with van der Waals surface area (Å²) in [4.78, 5) is 6.53. The first kappa shape index (κ1) is 20.0. The molecular formula is C21H31N3O2. The van der Waals surface area contributed by atoms with Gasteiger partial charge in [-0.1, -0.05) is 19.9 Å². The van der Waals surface area contributed by atoms with Crippen molar-refractivity contribution in [3.8, 4) is 11.5 Å². The zero-order valence-electron chi connectivity index (χ0n) is 16.6. The Morgan fingerprint density at radius 1 is 1.08 bits per heavy atom. The standard InChI is InChI=1S/C21H31N3O2/c1-16(2)9-11-26-19-7-6-17(12-20(19)25-5)14-23-21-13-18(8-10-22-21)15-24(3)4/h6-8,10,12-13,16H,9,11,14-15H2,1-5H3,(H,22,23). The molecule has 0 unspecified atom stereocenters. The highest BCUT2D eigenvalue weighted by Gasteiger charge is 2.07. The quantitative estimate of drug-likeness (QED) is 0.691. The molecule has 1 aromatic carbocycles. The van der Waals surface area contributed by atoms with Crippen LogP contribution in [0.15, 0.2) is 36.5 Å². The second kappa shape index (κ2) is 10.0. The first-order valence-corrected chi connectivity index (χ1v) is 9.11. The highest BCUT2D eigenvalue weighted by atomic mass is 16.5. The molecule has 2 rings (SSSR count). The summed E-state index contributed by atoms with van der Waals surface area (Å²) in [5.41, 5.74) is 2.36. The molecule has 26 heavy (non-hydrogen) atoms. The fraction of sp³-hybridized carbons (Fsp3) is 0.476. The number of benzene rings is 1. The molecule has 0 radical (unpaired) electrons. The molecule has 0 aliphatic carbocycles. The van der Waals surface area contributed by atoms with Gasteiger partial charge in [0.2, 0.25) is 0 Å². The molecule has 0 bridgehead atoms. The highest BCUT2D eigenvalue weighted by molar-refractivity contribution is 5.45. The highest BCUT2D eigenvalue weighted by Crippen LogP contribution is 2.28. The average molecular weight is 357 g/mol. The zero-order valence-corrected chi connectivity index (χ0v) is 16.6. The third-order valence-corrected chi connectivity index (χ3v) is 3.98. The van der Waals surface area contributed by atoms with Crippen LogP contribution in [0.5, 0.6) is 11.5 Å². The monoisotopic (exact) mass is 357 g/mol. The Hall–Kier alpha value is -2.27.